The SMILES string of the molecule is Cc1cccc(COOC2CC3C4CCC(C(C)CCCC(C)C)C4(C)CCC3C3(C)CCC(C(OO)c4cccc(C)c4)CC23)c1. The molecule has 0 bridgehead atoms. The molecular weight excluding hydrogens is 580 g/mol. The molecule has 4 aliphatic carbocycles. The maximum absolute atomic E-state index is 10.3. The summed E-state index contributed by atoms with van der Waals surface area (Å²) in [4.78, 5) is 18.1. The molecule has 260 valence electrons. The van der Waals surface area contributed by atoms with Crippen LogP contribution in [0, 0.1) is 72.0 Å². The zero-order chi connectivity index (χ0) is 33.3. The highest BCUT2D eigenvalue weighted by atomic mass is 17.2. The van der Waals surface area contributed by atoms with E-state index in [0.29, 0.717) is 23.9 Å². The van der Waals surface area contributed by atoms with Gasteiger partial charge in [-0.25, -0.2) is 14.7 Å². The van der Waals surface area contributed by atoms with Crippen molar-refractivity contribution in [1.82, 2.24) is 0 Å². The molecular formula is C43H64O4. The summed E-state index contributed by atoms with van der Waals surface area (Å²) in [5.74, 6) is 5.27. The molecule has 0 heterocycles. The van der Waals surface area contributed by atoms with Crippen molar-refractivity contribution in [1.29, 1.82) is 0 Å². The first-order chi connectivity index (χ1) is 22.5. The lowest BCUT2D eigenvalue weighted by Gasteiger charge is -2.63. The molecule has 0 radical (unpaired) electrons. The third-order valence-electron chi connectivity index (χ3n) is 14.3. The number of hydrogen-bond donors (Lipinski definition) is 1. The van der Waals surface area contributed by atoms with E-state index >= 15 is 0 Å². The molecule has 0 aliphatic heterocycles. The van der Waals surface area contributed by atoms with Gasteiger partial charge in [-0.3, -0.25) is 5.26 Å². The third kappa shape index (κ3) is 7.14. The molecule has 2 aromatic rings. The van der Waals surface area contributed by atoms with E-state index in [9.17, 15) is 5.26 Å². The number of benzene rings is 2. The van der Waals surface area contributed by atoms with Gasteiger partial charge in [0, 0.05) is 0 Å². The Labute approximate surface area is 286 Å². The van der Waals surface area contributed by atoms with Crippen LogP contribution in [0.3, 0.4) is 0 Å². The summed E-state index contributed by atoms with van der Waals surface area (Å²) in [6.45, 7) is 17.3. The molecule has 4 fully saturated rings. The van der Waals surface area contributed by atoms with Gasteiger partial charge in [-0.05, 0) is 135 Å². The van der Waals surface area contributed by atoms with Crippen molar-refractivity contribution in [3.63, 3.8) is 0 Å². The van der Waals surface area contributed by atoms with Crippen LogP contribution in [-0.4, -0.2) is 11.4 Å². The molecule has 0 spiro atoms. The zero-order valence-corrected chi connectivity index (χ0v) is 30.5. The molecule has 2 aromatic carbocycles. The molecule has 0 saturated heterocycles. The Morgan fingerprint density at radius 3 is 2.26 bits per heavy atom. The Kier molecular flexibility index (Phi) is 10.9. The van der Waals surface area contributed by atoms with Gasteiger partial charge in [-0.1, -0.05) is 114 Å². The molecule has 4 heteroatoms. The van der Waals surface area contributed by atoms with E-state index in [2.05, 4.69) is 97.0 Å². The van der Waals surface area contributed by atoms with Gasteiger partial charge >= 0.3 is 0 Å². The zero-order valence-electron chi connectivity index (χ0n) is 30.5. The Bertz CT molecular complexity index is 1320. The lowest BCUT2D eigenvalue weighted by atomic mass is 9.43. The van der Waals surface area contributed by atoms with Gasteiger partial charge in [0.25, 0.3) is 0 Å². The Morgan fingerprint density at radius 1 is 0.809 bits per heavy atom. The summed E-state index contributed by atoms with van der Waals surface area (Å²) in [5, 5.41) is 10.3. The summed E-state index contributed by atoms with van der Waals surface area (Å²) >= 11 is 0. The number of rotatable bonds is 12. The average molecular weight is 645 g/mol. The van der Waals surface area contributed by atoms with Gasteiger partial charge in [0.15, 0.2) is 0 Å². The fraction of sp³-hybridized carbons (Fsp3) is 0.721. The molecule has 4 aliphatic rings. The molecule has 0 aromatic heterocycles. The smallest absolute Gasteiger partial charge is 0.120 e. The predicted octanol–water partition coefficient (Wildman–Crippen LogP) is 11.7. The van der Waals surface area contributed by atoms with Crippen LogP contribution in [0.2, 0.25) is 0 Å². The second kappa shape index (κ2) is 14.6. The fourth-order valence-corrected chi connectivity index (χ4v) is 12.0. The van der Waals surface area contributed by atoms with E-state index in [1.807, 2.05) is 0 Å². The molecule has 4 nitrogen and oxygen atoms in total. The Balaban J connectivity index is 1.24. The van der Waals surface area contributed by atoms with Crippen LogP contribution in [0.1, 0.15) is 134 Å². The normalized spacial score (nSPS) is 36.4. The van der Waals surface area contributed by atoms with Crippen LogP contribution in [0.5, 0.6) is 0 Å². The molecule has 11 unspecified atom stereocenters. The summed E-state index contributed by atoms with van der Waals surface area (Å²) in [6.07, 6.45) is 13.7. The first-order valence-corrected chi connectivity index (χ1v) is 19.2. The van der Waals surface area contributed by atoms with Gasteiger partial charge in [0.1, 0.15) is 12.7 Å². The van der Waals surface area contributed by atoms with Gasteiger partial charge in [0.05, 0.1) is 6.10 Å². The van der Waals surface area contributed by atoms with Crippen LogP contribution in [0.25, 0.3) is 0 Å². The highest BCUT2D eigenvalue weighted by Gasteiger charge is 2.63. The van der Waals surface area contributed by atoms with Crippen LogP contribution >= 0.6 is 0 Å². The third-order valence-corrected chi connectivity index (χ3v) is 14.3. The fourth-order valence-electron chi connectivity index (χ4n) is 12.0. The van der Waals surface area contributed by atoms with Crippen molar-refractivity contribution >= 4 is 0 Å². The number of fused-ring (bicyclic) bond motifs is 5. The monoisotopic (exact) mass is 644 g/mol. The lowest BCUT2D eigenvalue weighted by Crippen LogP contribution is -2.58. The van der Waals surface area contributed by atoms with Crippen LogP contribution < -0.4 is 0 Å². The quantitative estimate of drug-likeness (QED) is 0.184. The van der Waals surface area contributed by atoms with Crippen LogP contribution in [-0.2, 0) is 21.3 Å². The molecule has 47 heavy (non-hydrogen) atoms. The molecule has 11 atom stereocenters. The van der Waals surface area contributed by atoms with E-state index < -0.39 is 0 Å². The van der Waals surface area contributed by atoms with Crippen molar-refractivity contribution < 1.29 is 19.9 Å². The minimum absolute atomic E-state index is 0.0515. The second-order valence-electron chi connectivity index (χ2n) is 17.6. The molecule has 4 saturated carbocycles. The number of aryl methyl sites for hydroxylation is 2. The lowest BCUT2D eigenvalue weighted by molar-refractivity contribution is -0.368. The van der Waals surface area contributed by atoms with E-state index in [-0.39, 0.29) is 23.5 Å². The molecule has 0 amide bonds. The summed E-state index contributed by atoms with van der Waals surface area (Å²) in [6, 6.07) is 17.0. The second-order valence-corrected chi connectivity index (χ2v) is 17.6. The largest absolute Gasteiger partial charge is 0.251 e. The Morgan fingerprint density at radius 2 is 1.53 bits per heavy atom. The minimum Gasteiger partial charge on any atom is -0.251 e. The van der Waals surface area contributed by atoms with Crippen molar-refractivity contribution in [2.75, 3.05) is 0 Å². The van der Waals surface area contributed by atoms with Gasteiger partial charge in [-0.2, -0.15) is 0 Å². The van der Waals surface area contributed by atoms with Gasteiger partial charge in [0.2, 0.25) is 0 Å². The molecule has 1 N–H and O–H groups in total. The maximum Gasteiger partial charge on any atom is 0.120 e. The van der Waals surface area contributed by atoms with Crippen LogP contribution in [0.4, 0.5) is 0 Å². The van der Waals surface area contributed by atoms with E-state index in [1.165, 1.54) is 56.1 Å². The van der Waals surface area contributed by atoms with Crippen molar-refractivity contribution in [3.05, 3.63) is 70.8 Å². The van der Waals surface area contributed by atoms with Crippen molar-refractivity contribution in [2.45, 2.75) is 138 Å². The summed E-state index contributed by atoms with van der Waals surface area (Å²) < 4.78 is 0. The van der Waals surface area contributed by atoms with Gasteiger partial charge in [-0.15, -0.1) is 0 Å². The first kappa shape index (κ1) is 35.1. The average Bonchev–Trinajstić information content (AvgIpc) is 3.39. The highest BCUT2D eigenvalue weighted by Crippen LogP contribution is 2.69. The number of hydrogen-bond acceptors (Lipinski definition) is 4. The summed E-state index contributed by atoms with van der Waals surface area (Å²) in [5.41, 5.74) is 5.32. The Hall–Kier alpha value is -1.72. The van der Waals surface area contributed by atoms with Crippen LogP contribution in [0.15, 0.2) is 48.5 Å². The minimum atomic E-state index is -0.312. The topological polar surface area (TPSA) is 47.9 Å². The summed E-state index contributed by atoms with van der Waals surface area (Å²) in [7, 11) is 0. The standard InChI is InChI=1S/C43H64O4/c1-28(2)11-8-14-31(5)36-17-18-37-35-26-40(47-45-27-32-15-9-12-29(3)23-32)39-25-34(41(46-44)33-16-10-13-30(4)24-33)19-21-43(39,7)38(35)20-22-42(36,37)6/h9-10,12-13,15-16,23-24,28,31,34-41,44H,8,11,14,17-22,25-27H2,1-7H3. The molecule has 6 rings (SSSR count). The van der Waals surface area contributed by atoms with Crippen molar-refractivity contribution in [2.24, 2.45) is 58.2 Å². The van der Waals surface area contributed by atoms with E-state index in [4.69, 9.17) is 14.7 Å². The highest BCUT2D eigenvalue weighted by molar-refractivity contribution is 5.25. The predicted molar refractivity (Wildman–Crippen MR) is 190 cm³/mol. The van der Waals surface area contributed by atoms with E-state index in [1.54, 1.807) is 0 Å². The maximum atomic E-state index is 10.3. The van der Waals surface area contributed by atoms with E-state index in [0.717, 1.165) is 66.4 Å². The first-order valence-electron chi connectivity index (χ1n) is 19.2. The van der Waals surface area contributed by atoms with Crippen molar-refractivity contribution in [3.8, 4) is 0 Å². The van der Waals surface area contributed by atoms with Gasteiger partial charge < -0.3 is 0 Å².